The maximum absolute atomic E-state index is 11.7. The third-order valence-corrected chi connectivity index (χ3v) is 4.95. The van der Waals surface area contributed by atoms with E-state index in [0.29, 0.717) is 10.6 Å². The van der Waals surface area contributed by atoms with Gasteiger partial charge in [-0.15, -0.1) is 11.3 Å². The zero-order valence-electron chi connectivity index (χ0n) is 8.73. The largest absolute Gasteiger partial charge is 0.396 e. The predicted octanol–water partition coefficient (Wildman–Crippen LogP) is 0.970. The standard InChI is InChI=1S/C9H15NO3S2/c1-7(2)10-15(12,13)9-4-3-8(14-9)5-6-11/h3-4,7,10-11H,5-6H2,1-2H3. The second-order valence-electron chi connectivity index (χ2n) is 3.47. The van der Waals surface area contributed by atoms with Crippen molar-refractivity contribution in [1.82, 2.24) is 4.72 Å². The maximum Gasteiger partial charge on any atom is 0.250 e. The van der Waals surface area contributed by atoms with Crippen LogP contribution in [-0.4, -0.2) is 26.2 Å². The van der Waals surface area contributed by atoms with Gasteiger partial charge in [0.25, 0.3) is 0 Å². The number of aliphatic hydroxyl groups is 1. The number of thiophene rings is 1. The fraction of sp³-hybridized carbons (Fsp3) is 0.556. The van der Waals surface area contributed by atoms with Crippen LogP contribution in [0.3, 0.4) is 0 Å². The number of hydrogen-bond acceptors (Lipinski definition) is 4. The molecule has 0 aliphatic rings. The molecule has 1 aromatic heterocycles. The lowest BCUT2D eigenvalue weighted by Gasteiger charge is -2.06. The molecule has 0 amide bonds. The summed E-state index contributed by atoms with van der Waals surface area (Å²) in [5, 5.41) is 8.72. The molecule has 0 aliphatic carbocycles. The average molecular weight is 249 g/mol. The van der Waals surface area contributed by atoms with Gasteiger partial charge in [-0.25, -0.2) is 13.1 Å². The van der Waals surface area contributed by atoms with E-state index in [-0.39, 0.29) is 12.6 Å². The normalized spacial score (nSPS) is 12.3. The quantitative estimate of drug-likeness (QED) is 0.817. The minimum absolute atomic E-state index is 0.0393. The summed E-state index contributed by atoms with van der Waals surface area (Å²) in [7, 11) is -3.37. The van der Waals surface area contributed by atoms with Crippen LogP contribution in [0.2, 0.25) is 0 Å². The Kier molecular flexibility index (Phi) is 4.27. The molecule has 0 radical (unpaired) electrons. The molecule has 86 valence electrons. The summed E-state index contributed by atoms with van der Waals surface area (Å²) in [4.78, 5) is 0.877. The van der Waals surface area contributed by atoms with E-state index in [4.69, 9.17) is 5.11 Å². The fourth-order valence-corrected chi connectivity index (χ4v) is 3.73. The first-order valence-electron chi connectivity index (χ1n) is 4.67. The lowest BCUT2D eigenvalue weighted by molar-refractivity contribution is 0.300. The van der Waals surface area contributed by atoms with Crippen molar-refractivity contribution in [2.24, 2.45) is 0 Å². The summed E-state index contributed by atoms with van der Waals surface area (Å²) in [6, 6.07) is 3.19. The zero-order chi connectivity index (χ0) is 11.5. The van der Waals surface area contributed by atoms with Gasteiger partial charge in [0.15, 0.2) is 0 Å². The maximum atomic E-state index is 11.7. The molecule has 0 aromatic carbocycles. The summed E-state index contributed by atoms with van der Waals surface area (Å²) >= 11 is 1.20. The van der Waals surface area contributed by atoms with Crippen LogP contribution in [0.1, 0.15) is 18.7 Å². The van der Waals surface area contributed by atoms with Crippen molar-refractivity contribution in [3.8, 4) is 0 Å². The predicted molar refractivity (Wildman–Crippen MR) is 60.6 cm³/mol. The molecule has 1 rings (SSSR count). The summed E-state index contributed by atoms with van der Waals surface area (Å²) in [6.45, 7) is 3.59. The minimum atomic E-state index is -3.37. The molecular weight excluding hydrogens is 234 g/mol. The van der Waals surface area contributed by atoms with E-state index in [9.17, 15) is 8.42 Å². The van der Waals surface area contributed by atoms with Gasteiger partial charge in [-0.2, -0.15) is 0 Å². The van der Waals surface area contributed by atoms with Crippen molar-refractivity contribution in [3.05, 3.63) is 17.0 Å². The molecule has 0 aliphatic heterocycles. The van der Waals surface area contributed by atoms with Crippen LogP contribution in [0.25, 0.3) is 0 Å². The fourth-order valence-electron chi connectivity index (χ4n) is 1.12. The smallest absolute Gasteiger partial charge is 0.250 e. The molecule has 0 fully saturated rings. The Morgan fingerprint density at radius 2 is 2.13 bits per heavy atom. The Hall–Kier alpha value is -0.430. The number of sulfonamides is 1. The Labute approximate surface area is 94.0 Å². The Bertz CT molecular complexity index is 409. The summed E-state index contributed by atoms with van der Waals surface area (Å²) in [6.07, 6.45) is 0.502. The first-order valence-corrected chi connectivity index (χ1v) is 6.97. The van der Waals surface area contributed by atoms with Gasteiger partial charge in [0.05, 0.1) is 0 Å². The summed E-state index contributed by atoms with van der Waals surface area (Å²) < 4.78 is 26.2. The molecule has 15 heavy (non-hydrogen) atoms. The molecule has 2 N–H and O–H groups in total. The molecule has 1 aromatic rings. The molecular formula is C9H15NO3S2. The third kappa shape index (κ3) is 3.57. The number of aliphatic hydroxyl groups excluding tert-OH is 1. The topological polar surface area (TPSA) is 66.4 Å². The van der Waals surface area contributed by atoms with Gasteiger partial charge in [-0.05, 0) is 26.0 Å². The molecule has 0 saturated carbocycles. The SMILES string of the molecule is CC(C)NS(=O)(=O)c1ccc(CCO)s1. The first-order chi connectivity index (χ1) is 6.95. The van der Waals surface area contributed by atoms with E-state index in [0.717, 1.165) is 4.88 Å². The van der Waals surface area contributed by atoms with E-state index in [1.165, 1.54) is 11.3 Å². The second-order valence-corrected chi connectivity index (χ2v) is 6.58. The monoisotopic (exact) mass is 249 g/mol. The number of rotatable bonds is 5. The highest BCUT2D eigenvalue weighted by Gasteiger charge is 2.17. The van der Waals surface area contributed by atoms with E-state index >= 15 is 0 Å². The minimum Gasteiger partial charge on any atom is -0.396 e. The number of hydrogen-bond donors (Lipinski definition) is 2. The highest BCUT2D eigenvalue weighted by Crippen LogP contribution is 2.21. The molecule has 0 atom stereocenters. The van der Waals surface area contributed by atoms with E-state index < -0.39 is 10.0 Å². The molecule has 0 saturated heterocycles. The number of nitrogens with one attached hydrogen (secondary N) is 1. The van der Waals surface area contributed by atoms with Crippen molar-refractivity contribution in [2.45, 2.75) is 30.5 Å². The van der Waals surface area contributed by atoms with Crippen LogP contribution in [0, 0.1) is 0 Å². The summed E-state index contributed by atoms with van der Waals surface area (Å²) in [5.41, 5.74) is 0. The Balaban J connectivity index is 2.86. The van der Waals surface area contributed by atoms with E-state index in [2.05, 4.69) is 4.72 Å². The zero-order valence-corrected chi connectivity index (χ0v) is 10.4. The van der Waals surface area contributed by atoms with Crippen molar-refractivity contribution in [2.75, 3.05) is 6.61 Å². The van der Waals surface area contributed by atoms with Gasteiger partial charge < -0.3 is 5.11 Å². The Morgan fingerprint density at radius 1 is 1.47 bits per heavy atom. The van der Waals surface area contributed by atoms with Gasteiger partial charge in [-0.1, -0.05) is 0 Å². The van der Waals surface area contributed by atoms with Gasteiger partial charge in [0.2, 0.25) is 10.0 Å². The molecule has 1 heterocycles. The van der Waals surface area contributed by atoms with Gasteiger partial charge >= 0.3 is 0 Å². The van der Waals surface area contributed by atoms with Crippen LogP contribution in [0.4, 0.5) is 0 Å². The van der Waals surface area contributed by atoms with Crippen LogP contribution >= 0.6 is 11.3 Å². The van der Waals surface area contributed by atoms with E-state index in [1.807, 2.05) is 0 Å². The molecule has 0 spiro atoms. The van der Waals surface area contributed by atoms with Gasteiger partial charge in [0, 0.05) is 23.9 Å². The van der Waals surface area contributed by atoms with Crippen molar-refractivity contribution < 1.29 is 13.5 Å². The average Bonchev–Trinajstić information content (AvgIpc) is 2.51. The first kappa shape index (κ1) is 12.6. The van der Waals surface area contributed by atoms with Crippen molar-refractivity contribution in [1.29, 1.82) is 0 Å². The summed E-state index contributed by atoms with van der Waals surface area (Å²) in [5.74, 6) is 0. The lowest BCUT2D eigenvalue weighted by Crippen LogP contribution is -2.29. The molecule has 0 unspecified atom stereocenters. The third-order valence-electron chi connectivity index (χ3n) is 1.65. The van der Waals surface area contributed by atoms with Crippen LogP contribution in [0.15, 0.2) is 16.3 Å². The van der Waals surface area contributed by atoms with E-state index in [1.54, 1.807) is 26.0 Å². The lowest BCUT2D eigenvalue weighted by atomic mass is 10.4. The van der Waals surface area contributed by atoms with Crippen LogP contribution in [0.5, 0.6) is 0 Å². The Morgan fingerprint density at radius 3 is 2.67 bits per heavy atom. The van der Waals surface area contributed by atoms with Crippen molar-refractivity contribution >= 4 is 21.4 Å². The molecule has 4 nitrogen and oxygen atoms in total. The van der Waals surface area contributed by atoms with Gasteiger partial charge in [-0.3, -0.25) is 0 Å². The van der Waals surface area contributed by atoms with Crippen molar-refractivity contribution in [3.63, 3.8) is 0 Å². The molecule has 0 bridgehead atoms. The second kappa shape index (κ2) is 5.07. The van der Waals surface area contributed by atoms with Gasteiger partial charge in [0.1, 0.15) is 4.21 Å². The highest BCUT2D eigenvalue weighted by atomic mass is 32.2. The highest BCUT2D eigenvalue weighted by molar-refractivity contribution is 7.91. The van der Waals surface area contributed by atoms with Crippen LogP contribution in [-0.2, 0) is 16.4 Å². The molecule has 6 heteroatoms. The van der Waals surface area contributed by atoms with Crippen LogP contribution < -0.4 is 4.72 Å².